The molecule has 0 N–H and O–H groups in total. The SMILES string of the molecule is Cc1ccsc1C(Cl)c1ccc2c3c(cccc13)CC2. The van der Waals surface area contributed by atoms with Crippen LogP contribution < -0.4 is 0 Å². The lowest BCUT2D eigenvalue weighted by atomic mass is 9.97. The summed E-state index contributed by atoms with van der Waals surface area (Å²) in [4.78, 5) is 1.27. The zero-order valence-corrected chi connectivity index (χ0v) is 12.9. The predicted molar refractivity (Wildman–Crippen MR) is 88.1 cm³/mol. The molecule has 0 saturated heterocycles. The Labute approximate surface area is 128 Å². The van der Waals surface area contributed by atoms with Gasteiger partial charge in [0.15, 0.2) is 0 Å². The third kappa shape index (κ3) is 1.73. The van der Waals surface area contributed by atoms with E-state index in [0.717, 1.165) is 0 Å². The van der Waals surface area contributed by atoms with Gasteiger partial charge >= 0.3 is 0 Å². The lowest BCUT2D eigenvalue weighted by Gasteiger charge is -2.14. The van der Waals surface area contributed by atoms with Gasteiger partial charge in [-0.1, -0.05) is 30.3 Å². The maximum atomic E-state index is 6.79. The van der Waals surface area contributed by atoms with Crippen LogP contribution in [-0.4, -0.2) is 0 Å². The Morgan fingerprint density at radius 1 is 1.05 bits per heavy atom. The van der Waals surface area contributed by atoms with E-state index in [1.165, 1.54) is 50.7 Å². The number of rotatable bonds is 2. The second-order valence-corrected chi connectivity index (χ2v) is 6.87. The summed E-state index contributed by atoms with van der Waals surface area (Å²) in [5.74, 6) is 0. The fraction of sp³-hybridized carbons (Fsp3) is 0.222. The van der Waals surface area contributed by atoms with Crippen LogP contribution in [0.1, 0.15) is 32.5 Å². The van der Waals surface area contributed by atoms with Crippen LogP contribution in [0.5, 0.6) is 0 Å². The van der Waals surface area contributed by atoms with Crippen molar-refractivity contribution in [2.45, 2.75) is 25.1 Å². The van der Waals surface area contributed by atoms with Crippen molar-refractivity contribution in [2.24, 2.45) is 0 Å². The molecule has 2 heteroatoms. The van der Waals surface area contributed by atoms with Gasteiger partial charge in [-0.15, -0.1) is 22.9 Å². The highest BCUT2D eigenvalue weighted by molar-refractivity contribution is 7.10. The second-order valence-electron chi connectivity index (χ2n) is 5.48. The summed E-state index contributed by atoms with van der Waals surface area (Å²) in [6, 6.07) is 13.3. The van der Waals surface area contributed by atoms with E-state index in [1.54, 1.807) is 11.3 Å². The van der Waals surface area contributed by atoms with Crippen LogP contribution in [-0.2, 0) is 12.8 Å². The van der Waals surface area contributed by atoms with Crippen molar-refractivity contribution in [3.63, 3.8) is 0 Å². The van der Waals surface area contributed by atoms with Crippen LogP contribution in [0.4, 0.5) is 0 Å². The fourth-order valence-corrected chi connectivity index (χ4v) is 4.71. The molecule has 1 unspecified atom stereocenters. The van der Waals surface area contributed by atoms with Gasteiger partial charge in [0.25, 0.3) is 0 Å². The van der Waals surface area contributed by atoms with Crippen molar-refractivity contribution in [2.75, 3.05) is 0 Å². The Balaban J connectivity index is 1.96. The molecule has 0 fully saturated rings. The molecule has 0 saturated carbocycles. The second kappa shape index (κ2) is 4.61. The van der Waals surface area contributed by atoms with Gasteiger partial charge < -0.3 is 0 Å². The summed E-state index contributed by atoms with van der Waals surface area (Å²) in [6.45, 7) is 2.14. The lowest BCUT2D eigenvalue weighted by Crippen LogP contribution is -1.95. The molecule has 0 nitrogen and oxygen atoms in total. The molecule has 100 valence electrons. The van der Waals surface area contributed by atoms with Crippen LogP contribution in [0, 0.1) is 6.92 Å². The number of halogens is 1. The van der Waals surface area contributed by atoms with E-state index < -0.39 is 0 Å². The molecule has 20 heavy (non-hydrogen) atoms. The van der Waals surface area contributed by atoms with Crippen molar-refractivity contribution in [1.29, 1.82) is 0 Å². The third-order valence-corrected chi connectivity index (χ3v) is 5.98. The average Bonchev–Trinajstić information content (AvgIpc) is 3.07. The topological polar surface area (TPSA) is 0 Å². The number of hydrogen-bond acceptors (Lipinski definition) is 1. The third-order valence-electron chi connectivity index (χ3n) is 4.32. The highest BCUT2D eigenvalue weighted by Gasteiger charge is 2.21. The van der Waals surface area contributed by atoms with Gasteiger partial charge in [0.2, 0.25) is 0 Å². The first-order valence-electron chi connectivity index (χ1n) is 6.97. The minimum Gasteiger partial charge on any atom is -0.147 e. The summed E-state index contributed by atoms with van der Waals surface area (Å²) in [7, 11) is 0. The minimum atomic E-state index is -0.0418. The molecular formula is C18H15ClS. The zero-order chi connectivity index (χ0) is 13.7. The molecule has 1 atom stereocenters. The fourth-order valence-electron chi connectivity index (χ4n) is 3.28. The van der Waals surface area contributed by atoms with Gasteiger partial charge in [0.05, 0.1) is 5.38 Å². The molecule has 0 bridgehead atoms. The summed E-state index contributed by atoms with van der Waals surface area (Å²) in [5, 5.41) is 4.87. The van der Waals surface area contributed by atoms with E-state index in [4.69, 9.17) is 11.6 Å². The Bertz CT molecular complexity index is 790. The van der Waals surface area contributed by atoms with Crippen molar-refractivity contribution >= 4 is 33.7 Å². The zero-order valence-electron chi connectivity index (χ0n) is 11.3. The van der Waals surface area contributed by atoms with Crippen molar-refractivity contribution in [1.82, 2.24) is 0 Å². The van der Waals surface area contributed by atoms with E-state index in [-0.39, 0.29) is 5.38 Å². The van der Waals surface area contributed by atoms with Crippen LogP contribution in [0.15, 0.2) is 41.8 Å². The van der Waals surface area contributed by atoms with Gasteiger partial charge in [-0.3, -0.25) is 0 Å². The maximum Gasteiger partial charge on any atom is 0.0936 e. The van der Waals surface area contributed by atoms with Crippen LogP contribution in [0.2, 0.25) is 0 Å². The number of benzene rings is 2. The predicted octanol–water partition coefficient (Wildman–Crippen LogP) is 5.64. The summed E-state index contributed by atoms with van der Waals surface area (Å²) in [6.07, 6.45) is 2.34. The quantitative estimate of drug-likeness (QED) is 0.537. The molecule has 1 aromatic heterocycles. The largest absolute Gasteiger partial charge is 0.147 e. The number of hydrogen-bond donors (Lipinski definition) is 0. The van der Waals surface area contributed by atoms with E-state index in [2.05, 4.69) is 48.7 Å². The monoisotopic (exact) mass is 298 g/mol. The molecule has 1 aliphatic carbocycles. The van der Waals surface area contributed by atoms with E-state index in [1.807, 2.05) is 0 Å². The minimum absolute atomic E-state index is 0.0418. The van der Waals surface area contributed by atoms with E-state index >= 15 is 0 Å². The molecule has 1 heterocycles. The van der Waals surface area contributed by atoms with E-state index in [0.29, 0.717) is 0 Å². The molecule has 0 aliphatic heterocycles. The first-order chi connectivity index (χ1) is 9.75. The van der Waals surface area contributed by atoms with Gasteiger partial charge in [-0.05, 0) is 64.2 Å². The first kappa shape index (κ1) is 12.4. The lowest BCUT2D eigenvalue weighted by molar-refractivity contribution is 1.02. The van der Waals surface area contributed by atoms with Crippen molar-refractivity contribution in [3.8, 4) is 0 Å². The summed E-state index contributed by atoms with van der Waals surface area (Å²) in [5.41, 5.74) is 5.50. The Morgan fingerprint density at radius 3 is 2.60 bits per heavy atom. The van der Waals surface area contributed by atoms with E-state index in [9.17, 15) is 0 Å². The summed E-state index contributed by atoms with van der Waals surface area (Å²) < 4.78 is 0. The molecule has 1 aliphatic rings. The number of alkyl halides is 1. The summed E-state index contributed by atoms with van der Waals surface area (Å²) >= 11 is 8.55. The molecule has 4 rings (SSSR count). The Kier molecular flexibility index (Phi) is 2.87. The highest BCUT2D eigenvalue weighted by Crippen LogP contribution is 2.41. The van der Waals surface area contributed by atoms with Crippen molar-refractivity contribution in [3.05, 3.63) is 68.9 Å². The number of thiophene rings is 1. The average molecular weight is 299 g/mol. The number of aryl methyl sites for hydroxylation is 3. The Hall–Kier alpha value is -1.31. The molecule has 0 radical (unpaired) electrons. The van der Waals surface area contributed by atoms with Gasteiger partial charge in [0.1, 0.15) is 0 Å². The van der Waals surface area contributed by atoms with Gasteiger partial charge in [-0.25, -0.2) is 0 Å². The Morgan fingerprint density at radius 2 is 1.85 bits per heavy atom. The van der Waals surface area contributed by atoms with Gasteiger partial charge in [-0.2, -0.15) is 0 Å². The molecule has 3 aromatic rings. The molecular weight excluding hydrogens is 284 g/mol. The normalized spacial score (nSPS) is 14.9. The molecule has 0 spiro atoms. The first-order valence-corrected chi connectivity index (χ1v) is 8.29. The van der Waals surface area contributed by atoms with Crippen LogP contribution >= 0.6 is 22.9 Å². The van der Waals surface area contributed by atoms with Gasteiger partial charge in [0, 0.05) is 4.88 Å². The van der Waals surface area contributed by atoms with Crippen LogP contribution in [0.3, 0.4) is 0 Å². The smallest absolute Gasteiger partial charge is 0.0936 e. The van der Waals surface area contributed by atoms with Crippen LogP contribution in [0.25, 0.3) is 10.8 Å². The highest BCUT2D eigenvalue weighted by atomic mass is 35.5. The van der Waals surface area contributed by atoms with Crippen molar-refractivity contribution < 1.29 is 0 Å². The standard InChI is InChI=1S/C18H15ClS/c1-11-9-10-20-18(11)17(19)15-8-7-13-6-5-12-3-2-4-14(15)16(12)13/h2-4,7-10,17H,5-6H2,1H3. The molecule has 2 aromatic carbocycles. The molecule has 0 amide bonds. The maximum absolute atomic E-state index is 6.79.